The Labute approximate surface area is 125 Å². The van der Waals surface area contributed by atoms with Gasteiger partial charge in [0.05, 0.1) is 25.4 Å². The van der Waals surface area contributed by atoms with E-state index >= 15 is 0 Å². The van der Waals surface area contributed by atoms with Crippen LogP contribution in [0.5, 0.6) is 0 Å². The summed E-state index contributed by atoms with van der Waals surface area (Å²) in [5, 5.41) is 2.92. The van der Waals surface area contributed by atoms with Gasteiger partial charge in [-0.2, -0.15) is 0 Å². The van der Waals surface area contributed by atoms with Crippen LogP contribution in [0.25, 0.3) is 0 Å². The minimum atomic E-state index is -0.656. The number of hydrogen-bond donors (Lipinski definition) is 2. The lowest BCUT2D eigenvalue weighted by atomic mass is 10.1. The van der Waals surface area contributed by atoms with E-state index in [4.69, 9.17) is 15.2 Å². The Hall–Kier alpha value is -1.43. The van der Waals surface area contributed by atoms with Crippen molar-refractivity contribution in [1.82, 2.24) is 0 Å². The Balaban J connectivity index is 1.91. The van der Waals surface area contributed by atoms with Crippen LogP contribution in [0.2, 0.25) is 0 Å². The van der Waals surface area contributed by atoms with Gasteiger partial charge in [-0.15, -0.1) is 0 Å². The number of nitrogens with two attached hydrogens (primary N) is 1. The van der Waals surface area contributed by atoms with E-state index in [9.17, 15) is 4.79 Å². The van der Waals surface area contributed by atoms with E-state index in [0.29, 0.717) is 26.4 Å². The first-order chi connectivity index (χ1) is 10.1. The number of anilines is 1. The maximum Gasteiger partial charge on any atom is 0.244 e. The minimum absolute atomic E-state index is 0.0972. The highest BCUT2D eigenvalue weighted by atomic mass is 16.5. The molecule has 0 spiro atoms. The van der Waals surface area contributed by atoms with Crippen molar-refractivity contribution in [2.45, 2.75) is 38.8 Å². The molecule has 1 saturated carbocycles. The molecule has 1 fully saturated rings. The predicted molar refractivity (Wildman–Crippen MR) is 82.1 cm³/mol. The van der Waals surface area contributed by atoms with Gasteiger partial charge in [0.25, 0.3) is 0 Å². The van der Waals surface area contributed by atoms with Crippen LogP contribution < -0.4 is 11.1 Å². The molecule has 5 nitrogen and oxygen atoms in total. The minimum Gasteiger partial charge on any atom is -0.379 e. The molecule has 116 valence electrons. The van der Waals surface area contributed by atoms with Crippen molar-refractivity contribution in [1.29, 1.82) is 0 Å². The highest BCUT2D eigenvalue weighted by Crippen LogP contribution is 2.33. The highest BCUT2D eigenvalue weighted by molar-refractivity contribution is 6.00. The van der Waals surface area contributed by atoms with E-state index in [1.807, 2.05) is 32.0 Å². The van der Waals surface area contributed by atoms with Crippen LogP contribution in [0.4, 0.5) is 5.69 Å². The van der Waals surface area contributed by atoms with Crippen LogP contribution in [0, 0.1) is 6.92 Å². The summed E-state index contributed by atoms with van der Waals surface area (Å²) in [6, 6.07) is 5.81. The molecule has 0 aromatic heterocycles. The molecule has 1 aliphatic carbocycles. The van der Waals surface area contributed by atoms with Gasteiger partial charge in [-0.3, -0.25) is 4.79 Å². The normalized spacial score (nSPS) is 15.8. The summed E-state index contributed by atoms with van der Waals surface area (Å²) in [5.41, 5.74) is 8.13. The molecule has 2 rings (SSSR count). The number of carbonyl (C=O) groups excluding carboxylic acids is 1. The van der Waals surface area contributed by atoms with E-state index < -0.39 is 5.54 Å². The van der Waals surface area contributed by atoms with Gasteiger partial charge < -0.3 is 20.5 Å². The first-order valence-electron chi connectivity index (χ1n) is 7.41. The number of benzene rings is 1. The molecule has 0 heterocycles. The number of rotatable bonds is 8. The van der Waals surface area contributed by atoms with E-state index in [1.54, 1.807) is 0 Å². The molecule has 0 atom stereocenters. The first-order valence-corrected chi connectivity index (χ1v) is 7.41. The molecule has 1 aromatic carbocycles. The predicted octanol–water partition coefficient (Wildman–Crippen LogP) is 1.98. The summed E-state index contributed by atoms with van der Waals surface area (Å²) in [4.78, 5) is 12.0. The van der Waals surface area contributed by atoms with Gasteiger partial charge in [0, 0.05) is 12.3 Å². The van der Waals surface area contributed by atoms with Gasteiger partial charge in [0.2, 0.25) is 5.91 Å². The number of carbonyl (C=O) groups is 1. The Morgan fingerprint density at radius 2 is 2.05 bits per heavy atom. The SMILES string of the molecule is CCOCCOCc1cccc(NC(=O)C2(N)CC2)c1C. The molecule has 5 heteroatoms. The van der Waals surface area contributed by atoms with Gasteiger partial charge in [0.15, 0.2) is 0 Å². The third-order valence-corrected chi connectivity index (χ3v) is 3.77. The van der Waals surface area contributed by atoms with Crippen LogP contribution in [-0.2, 0) is 20.9 Å². The molecule has 1 aliphatic rings. The van der Waals surface area contributed by atoms with Crippen LogP contribution in [0.3, 0.4) is 0 Å². The Morgan fingerprint density at radius 3 is 2.71 bits per heavy atom. The summed E-state index contributed by atoms with van der Waals surface area (Å²) >= 11 is 0. The van der Waals surface area contributed by atoms with Crippen LogP contribution in [0.15, 0.2) is 18.2 Å². The largest absolute Gasteiger partial charge is 0.379 e. The average Bonchev–Trinajstić information content (AvgIpc) is 3.21. The fraction of sp³-hybridized carbons (Fsp3) is 0.562. The van der Waals surface area contributed by atoms with Crippen LogP contribution >= 0.6 is 0 Å². The molecule has 0 unspecified atom stereocenters. The fourth-order valence-corrected chi connectivity index (χ4v) is 2.03. The maximum absolute atomic E-state index is 12.0. The average molecular weight is 292 g/mol. The Kier molecular flexibility index (Phi) is 5.33. The summed E-state index contributed by atoms with van der Waals surface area (Å²) in [6.07, 6.45) is 1.52. The van der Waals surface area contributed by atoms with Crippen molar-refractivity contribution in [2.75, 3.05) is 25.1 Å². The van der Waals surface area contributed by atoms with E-state index in [1.165, 1.54) is 0 Å². The van der Waals surface area contributed by atoms with E-state index in [2.05, 4.69) is 5.32 Å². The second-order valence-electron chi connectivity index (χ2n) is 5.45. The number of nitrogens with one attached hydrogen (secondary N) is 1. The Bertz CT molecular complexity index is 498. The molecule has 1 aromatic rings. The summed E-state index contributed by atoms with van der Waals surface area (Å²) in [6.45, 7) is 6.31. The van der Waals surface area contributed by atoms with Crippen molar-refractivity contribution in [3.8, 4) is 0 Å². The van der Waals surface area contributed by atoms with Crippen LogP contribution in [-0.4, -0.2) is 31.3 Å². The lowest BCUT2D eigenvalue weighted by molar-refractivity contribution is -0.118. The molecule has 1 amide bonds. The molecule has 0 bridgehead atoms. The number of hydrogen-bond acceptors (Lipinski definition) is 4. The van der Waals surface area contributed by atoms with Crippen molar-refractivity contribution in [2.24, 2.45) is 5.73 Å². The first kappa shape index (κ1) is 15.9. The van der Waals surface area contributed by atoms with Crippen molar-refractivity contribution < 1.29 is 14.3 Å². The van der Waals surface area contributed by atoms with Crippen molar-refractivity contribution in [3.05, 3.63) is 29.3 Å². The fourth-order valence-electron chi connectivity index (χ4n) is 2.03. The zero-order valence-electron chi connectivity index (χ0n) is 12.8. The smallest absolute Gasteiger partial charge is 0.244 e. The third-order valence-electron chi connectivity index (χ3n) is 3.77. The zero-order chi connectivity index (χ0) is 15.3. The van der Waals surface area contributed by atoms with Crippen molar-refractivity contribution >= 4 is 11.6 Å². The maximum atomic E-state index is 12.0. The third kappa shape index (κ3) is 4.27. The summed E-state index contributed by atoms with van der Waals surface area (Å²) in [7, 11) is 0. The molecule has 3 N–H and O–H groups in total. The Morgan fingerprint density at radius 1 is 1.33 bits per heavy atom. The molecule has 0 saturated heterocycles. The topological polar surface area (TPSA) is 73.6 Å². The molecule has 0 aliphatic heterocycles. The summed E-state index contributed by atoms with van der Waals surface area (Å²) < 4.78 is 10.8. The van der Waals surface area contributed by atoms with E-state index in [0.717, 1.165) is 29.7 Å². The molecule has 21 heavy (non-hydrogen) atoms. The second kappa shape index (κ2) is 7.02. The number of ether oxygens (including phenoxy) is 2. The zero-order valence-corrected chi connectivity index (χ0v) is 12.8. The second-order valence-corrected chi connectivity index (χ2v) is 5.45. The lowest BCUT2D eigenvalue weighted by Gasteiger charge is -2.15. The van der Waals surface area contributed by atoms with E-state index in [-0.39, 0.29) is 5.91 Å². The molecule has 0 radical (unpaired) electrons. The lowest BCUT2D eigenvalue weighted by Crippen LogP contribution is -2.38. The van der Waals surface area contributed by atoms with Gasteiger partial charge >= 0.3 is 0 Å². The quantitative estimate of drug-likeness (QED) is 0.719. The van der Waals surface area contributed by atoms with Gasteiger partial charge in [-0.25, -0.2) is 0 Å². The molecular formula is C16H24N2O3. The van der Waals surface area contributed by atoms with Gasteiger partial charge in [-0.05, 0) is 43.9 Å². The van der Waals surface area contributed by atoms with Crippen molar-refractivity contribution in [3.63, 3.8) is 0 Å². The molecular weight excluding hydrogens is 268 g/mol. The van der Waals surface area contributed by atoms with Crippen LogP contribution in [0.1, 0.15) is 30.9 Å². The van der Waals surface area contributed by atoms with Gasteiger partial charge in [0.1, 0.15) is 0 Å². The van der Waals surface area contributed by atoms with Gasteiger partial charge in [-0.1, -0.05) is 12.1 Å². The standard InChI is InChI=1S/C16H24N2O3/c1-3-20-9-10-21-11-13-5-4-6-14(12(13)2)18-15(19)16(17)7-8-16/h4-6H,3,7-11,17H2,1-2H3,(H,18,19). The highest BCUT2D eigenvalue weighted by Gasteiger charge is 2.46. The number of amides is 1. The summed E-state index contributed by atoms with van der Waals surface area (Å²) in [5.74, 6) is -0.0972. The monoisotopic (exact) mass is 292 g/mol.